The van der Waals surface area contributed by atoms with E-state index in [1.807, 2.05) is 17.5 Å². The standard InChI is InChI=1S/C21H27N3O2S/c25-20(11-6-12-22-21(26)19-10-7-15-27-19)23-16-18(24-13-4-5-14-24)17-8-2-1-3-9-17/h1-3,7-10,15,18H,4-6,11-14,16H2,(H,22,26)(H,23,25). The van der Waals surface area contributed by atoms with Crippen LogP contribution in [0.2, 0.25) is 0 Å². The van der Waals surface area contributed by atoms with Crippen LogP contribution in [0, 0.1) is 0 Å². The molecule has 1 aromatic carbocycles. The van der Waals surface area contributed by atoms with E-state index in [1.165, 1.54) is 29.7 Å². The van der Waals surface area contributed by atoms with Crippen LogP contribution in [0.4, 0.5) is 0 Å². The zero-order valence-corrected chi connectivity index (χ0v) is 16.3. The Morgan fingerprint density at radius 3 is 2.52 bits per heavy atom. The van der Waals surface area contributed by atoms with Crippen molar-refractivity contribution in [2.45, 2.75) is 31.7 Å². The van der Waals surface area contributed by atoms with Gasteiger partial charge in [-0.2, -0.15) is 0 Å². The van der Waals surface area contributed by atoms with Gasteiger partial charge in [-0.15, -0.1) is 11.3 Å². The predicted octanol–water partition coefficient (Wildman–Crippen LogP) is 3.21. The highest BCUT2D eigenvalue weighted by Crippen LogP contribution is 2.24. The maximum Gasteiger partial charge on any atom is 0.261 e. The zero-order chi connectivity index (χ0) is 18.9. The summed E-state index contributed by atoms with van der Waals surface area (Å²) in [6.45, 7) is 3.32. The molecule has 27 heavy (non-hydrogen) atoms. The van der Waals surface area contributed by atoms with E-state index in [0.29, 0.717) is 30.8 Å². The van der Waals surface area contributed by atoms with Gasteiger partial charge in [0.15, 0.2) is 0 Å². The quantitative estimate of drug-likeness (QED) is 0.652. The number of hydrogen-bond acceptors (Lipinski definition) is 4. The smallest absolute Gasteiger partial charge is 0.261 e. The molecular formula is C21H27N3O2S. The van der Waals surface area contributed by atoms with Crippen LogP contribution in [-0.4, -0.2) is 42.9 Å². The summed E-state index contributed by atoms with van der Waals surface area (Å²) in [5, 5.41) is 7.82. The van der Waals surface area contributed by atoms with Gasteiger partial charge in [0.05, 0.1) is 10.9 Å². The Morgan fingerprint density at radius 2 is 1.81 bits per heavy atom. The second kappa shape index (κ2) is 10.2. The molecule has 1 fully saturated rings. The van der Waals surface area contributed by atoms with Gasteiger partial charge < -0.3 is 10.6 Å². The lowest BCUT2D eigenvalue weighted by molar-refractivity contribution is -0.121. The van der Waals surface area contributed by atoms with Crippen LogP contribution < -0.4 is 10.6 Å². The second-order valence-corrected chi connectivity index (χ2v) is 7.76. The van der Waals surface area contributed by atoms with Gasteiger partial charge in [0.2, 0.25) is 5.91 Å². The van der Waals surface area contributed by atoms with Crippen molar-refractivity contribution >= 4 is 23.2 Å². The Hall–Kier alpha value is -2.18. The van der Waals surface area contributed by atoms with Crippen molar-refractivity contribution in [1.29, 1.82) is 0 Å². The average molecular weight is 386 g/mol. The van der Waals surface area contributed by atoms with Crippen LogP contribution in [0.15, 0.2) is 47.8 Å². The first-order valence-corrected chi connectivity index (χ1v) is 10.5. The molecule has 2 amide bonds. The number of hydrogen-bond donors (Lipinski definition) is 2. The fourth-order valence-electron chi connectivity index (χ4n) is 3.43. The first kappa shape index (κ1) is 19.6. The molecule has 144 valence electrons. The van der Waals surface area contributed by atoms with Gasteiger partial charge in [-0.05, 0) is 49.4 Å². The summed E-state index contributed by atoms with van der Waals surface area (Å²) >= 11 is 1.42. The van der Waals surface area contributed by atoms with E-state index in [1.54, 1.807) is 6.07 Å². The molecule has 6 heteroatoms. The zero-order valence-electron chi connectivity index (χ0n) is 15.5. The van der Waals surface area contributed by atoms with E-state index in [-0.39, 0.29) is 17.9 Å². The average Bonchev–Trinajstić information content (AvgIpc) is 3.40. The predicted molar refractivity (Wildman–Crippen MR) is 109 cm³/mol. The molecule has 0 aliphatic carbocycles. The van der Waals surface area contributed by atoms with Gasteiger partial charge in [-0.3, -0.25) is 14.5 Å². The molecule has 1 unspecified atom stereocenters. The van der Waals surface area contributed by atoms with Crippen LogP contribution in [0.3, 0.4) is 0 Å². The summed E-state index contributed by atoms with van der Waals surface area (Å²) in [6.07, 6.45) is 3.51. The van der Waals surface area contributed by atoms with Gasteiger partial charge >= 0.3 is 0 Å². The van der Waals surface area contributed by atoms with Crippen molar-refractivity contribution in [1.82, 2.24) is 15.5 Å². The molecule has 0 saturated carbocycles. The molecule has 1 atom stereocenters. The van der Waals surface area contributed by atoms with Crippen LogP contribution in [0.5, 0.6) is 0 Å². The van der Waals surface area contributed by atoms with Crippen molar-refractivity contribution in [2.75, 3.05) is 26.2 Å². The lowest BCUT2D eigenvalue weighted by Gasteiger charge is -2.28. The minimum absolute atomic E-state index is 0.0421. The summed E-state index contributed by atoms with van der Waals surface area (Å²) in [7, 11) is 0. The third kappa shape index (κ3) is 5.91. The Morgan fingerprint density at radius 1 is 1.04 bits per heavy atom. The van der Waals surface area contributed by atoms with E-state index >= 15 is 0 Å². The van der Waals surface area contributed by atoms with Crippen molar-refractivity contribution in [3.8, 4) is 0 Å². The van der Waals surface area contributed by atoms with Gasteiger partial charge in [0.25, 0.3) is 5.91 Å². The van der Waals surface area contributed by atoms with Gasteiger partial charge in [0, 0.05) is 19.5 Å². The summed E-state index contributed by atoms with van der Waals surface area (Å²) in [5.41, 5.74) is 1.25. The fraction of sp³-hybridized carbons (Fsp3) is 0.429. The van der Waals surface area contributed by atoms with Crippen LogP contribution in [0.1, 0.15) is 47.0 Å². The van der Waals surface area contributed by atoms with Crippen molar-refractivity contribution in [3.63, 3.8) is 0 Å². The highest BCUT2D eigenvalue weighted by molar-refractivity contribution is 7.12. The first-order valence-electron chi connectivity index (χ1n) is 9.61. The molecule has 2 aromatic rings. The van der Waals surface area contributed by atoms with Crippen LogP contribution in [-0.2, 0) is 4.79 Å². The molecule has 0 spiro atoms. The molecule has 1 saturated heterocycles. The number of rotatable bonds is 9. The Labute approximate surface area is 164 Å². The molecule has 3 rings (SSSR count). The third-order valence-electron chi connectivity index (χ3n) is 4.87. The monoisotopic (exact) mass is 385 g/mol. The minimum Gasteiger partial charge on any atom is -0.354 e. The van der Waals surface area contributed by atoms with Crippen molar-refractivity contribution in [2.24, 2.45) is 0 Å². The maximum absolute atomic E-state index is 12.2. The number of thiophene rings is 1. The third-order valence-corrected chi connectivity index (χ3v) is 5.74. The van der Waals surface area contributed by atoms with Crippen LogP contribution >= 0.6 is 11.3 Å². The molecule has 2 N–H and O–H groups in total. The first-order chi connectivity index (χ1) is 13.2. The van der Waals surface area contributed by atoms with E-state index < -0.39 is 0 Å². The molecule has 2 heterocycles. The molecule has 1 aromatic heterocycles. The van der Waals surface area contributed by atoms with Gasteiger partial charge in [0.1, 0.15) is 0 Å². The number of carbonyl (C=O) groups is 2. The number of likely N-dealkylation sites (tertiary alicyclic amines) is 1. The SMILES string of the molecule is O=C(CCCNC(=O)c1cccs1)NCC(c1ccccc1)N1CCCC1. The Bertz CT molecular complexity index is 712. The molecule has 0 bridgehead atoms. The topological polar surface area (TPSA) is 61.4 Å². The minimum atomic E-state index is -0.0661. The van der Waals surface area contributed by atoms with E-state index in [9.17, 15) is 9.59 Å². The number of carbonyl (C=O) groups excluding carboxylic acids is 2. The van der Waals surface area contributed by atoms with Crippen LogP contribution in [0.25, 0.3) is 0 Å². The number of amides is 2. The van der Waals surface area contributed by atoms with E-state index in [0.717, 1.165) is 13.1 Å². The largest absolute Gasteiger partial charge is 0.354 e. The maximum atomic E-state index is 12.2. The van der Waals surface area contributed by atoms with Crippen molar-refractivity contribution < 1.29 is 9.59 Å². The molecule has 0 radical (unpaired) electrons. The van der Waals surface area contributed by atoms with Crippen molar-refractivity contribution in [3.05, 3.63) is 58.3 Å². The lowest BCUT2D eigenvalue weighted by atomic mass is 10.1. The highest BCUT2D eigenvalue weighted by atomic mass is 32.1. The highest BCUT2D eigenvalue weighted by Gasteiger charge is 2.23. The van der Waals surface area contributed by atoms with Gasteiger partial charge in [-0.1, -0.05) is 36.4 Å². The molecule has 1 aliphatic heterocycles. The number of benzene rings is 1. The number of nitrogens with zero attached hydrogens (tertiary/aromatic N) is 1. The Kier molecular flexibility index (Phi) is 7.42. The van der Waals surface area contributed by atoms with E-state index in [2.05, 4.69) is 39.8 Å². The normalized spacial score (nSPS) is 15.4. The van der Waals surface area contributed by atoms with E-state index in [4.69, 9.17) is 0 Å². The molecule has 5 nitrogen and oxygen atoms in total. The summed E-state index contributed by atoms with van der Waals surface area (Å²) in [6, 6.07) is 14.3. The summed E-state index contributed by atoms with van der Waals surface area (Å²) < 4.78 is 0. The Balaban J connectivity index is 1.40. The second-order valence-electron chi connectivity index (χ2n) is 6.81. The van der Waals surface area contributed by atoms with Gasteiger partial charge in [-0.25, -0.2) is 0 Å². The fourth-order valence-corrected chi connectivity index (χ4v) is 4.07. The summed E-state index contributed by atoms with van der Waals surface area (Å²) in [4.78, 5) is 27.2. The molecular weight excluding hydrogens is 358 g/mol. The lowest BCUT2D eigenvalue weighted by Crippen LogP contribution is -2.37. The number of nitrogens with one attached hydrogen (secondary N) is 2. The summed E-state index contributed by atoms with van der Waals surface area (Å²) in [5.74, 6) is -0.0240. The molecule has 1 aliphatic rings.